The fourth-order valence-electron chi connectivity index (χ4n) is 5.68. The van der Waals surface area contributed by atoms with E-state index in [1.165, 1.54) is 32.5 Å². The number of hydrogen-bond donors (Lipinski definition) is 5. The van der Waals surface area contributed by atoms with E-state index in [4.69, 9.17) is 14.2 Å². The molecular formula is C37H40N6O8S2. The van der Waals surface area contributed by atoms with Gasteiger partial charge in [0.25, 0.3) is 0 Å². The van der Waals surface area contributed by atoms with Crippen LogP contribution >= 0.6 is 0 Å². The zero-order chi connectivity index (χ0) is 37.9. The number of aromatic nitrogens is 2. The van der Waals surface area contributed by atoms with Crippen LogP contribution in [0.25, 0.3) is 10.8 Å². The van der Waals surface area contributed by atoms with Gasteiger partial charge >= 0.3 is 6.03 Å². The van der Waals surface area contributed by atoms with Crippen LogP contribution in [0.5, 0.6) is 23.1 Å². The van der Waals surface area contributed by atoms with Gasteiger partial charge in [-0.2, -0.15) is 4.98 Å². The normalized spacial score (nSPS) is 13.1. The topological polar surface area (TPSA) is 187 Å². The third kappa shape index (κ3) is 8.79. The highest BCUT2D eigenvalue weighted by atomic mass is 32.2. The number of hydrogen-bond acceptors (Lipinski definition) is 11. The van der Waals surface area contributed by atoms with Gasteiger partial charge in [-0.3, -0.25) is 0 Å². The fraction of sp³-hybridized carbons (Fsp3) is 0.270. The van der Waals surface area contributed by atoms with Crippen LogP contribution in [0.3, 0.4) is 0 Å². The first-order valence-electron chi connectivity index (χ1n) is 16.6. The van der Waals surface area contributed by atoms with Crippen molar-refractivity contribution in [3.63, 3.8) is 0 Å². The van der Waals surface area contributed by atoms with Gasteiger partial charge in [-0.25, -0.2) is 31.3 Å². The van der Waals surface area contributed by atoms with E-state index < -0.39 is 26.8 Å². The molecule has 6 rings (SSSR count). The van der Waals surface area contributed by atoms with Crippen LogP contribution in [0, 0.1) is 0 Å². The van der Waals surface area contributed by atoms with Crippen molar-refractivity contribution < 1.29 is 35.8 Å². The molecule has 14 nitrogen and oxygen atoms in total. The molecule has 1 heterocycles. The van der Waals surface area contributed by atoms with Gasteiger partial charge in [0.1, 0.15) is 17.2 Å². The Morgan fingerprint density at radius 2 is 1.64 bits per heavy atom. The van der Waals surface area contributed by atoms with Crippen LogP contribution in [0.1, 0.15) is 44.7 Å². The number of nitrogens with one attached hydrogen (secondary N) is 4. The van der Waals surface area contributed by atoms with Gasteiger partial charge < -0.3 is 30.2 Å². The van der Waals surface area contributed by atoms with E-state index in [2.05, 4.69) is 30.6 Å². The van der Waals surface area contributed by atoms with Crippen LogP contribution in [-0.4, -0.2) is 52.3 Å². The largest absolute Gasteiger partial charge is 0.497 e. The Kier molecular flexibility index (Phi) is 10.7. The number of fused-ring (bicyclic) bond motifs is 1. The first kappa shape index (κ1) is 37.3. The van der Waals surface area contributed by atoms with Gasteiger partial charge in [0.2, 0.25) is 22.7 Å². The van der Waals surface area contributed by atoms with Crippen molar-refractivity contribution in [2.24, 2.45) is 0 Å². The lowest BCUT2D eigenvalue weighted by Crippen LogP contribution is -2.22. The van der Waals surface area contributed by atoms with E-state index in [1.807, 2.05) is 57.2 Å². The number of sulfone groups is 1. The SMILES string of the molecule is COc1cc(Nc2nccc(Oc3ccc(NC(=O)Nc4cc(C(C)(C)C)cc(CN[SH](=O)=O)c4OC)c4ccccc34)n2)cc(S(=O)(=O)C2CC2)c1. The second-order valence-corrected chi connectivity index (χ2v) is 16.4. The van der Waals surface area contributed by atoms with E-state index in [-0.39, 0.29) is 33.9 Å². The first-order valence-corrected chi connectivity index (χ1v) is 19.4. The fourth-order valence-corrected chi connectivity index (χ4v) is 7.69. The number of rotatable bonds is 13. The average Bonchev–Trinajstić information content (AvgIpc) is 3.98. The Balaban J connectivity index is 1.23. The van der Waals surface area contributed by atoms with Gasteiger partial charge in [0.05, 0.1) is 35.7 Å². The molecule has 0 aliphatic heterocycles. The molecule has 1 saturated carbocycles. The lowest BCUT2D eigenvalue weighted by atomic mass is 9.85. The Morgan fingerprint density at radius 1 is 0.906 bits per heavy atom. The number of methoxy groups -OCH3 is 2. The van der Waals surface area contributed by atoms with Gasteiger partial charge in [0.15, 0.2) is 9.84 Å². The summed E-state index contributed by atoms with van der Waals surface area (Å²) in [6, 6.07) is 20.2. The highest BCUT2D eigenvalue weighted by molar-refractivity contribution is 7.92. The van der Waals surface area contributed by atoms with Crippen LogP contribution in [0.15, 0.2) is 83.9 Å². The number of thiol groups is 1. The highest BCUT2D eigenvalue weighted by Gasteiger charge is 2.37. The average molecular weight is 761 g/mol. The number of urea groups is 1. The second kappa shape index (κ2) is 15.3. The van der Waals surface area contributed by atoms with Crippen molar-refractivity contribution in [1.82, 2.24) is 14.7 Å². The van der Waals surface area contributed by atoms with Crippen molar-refractivity contribution in [3.8, 4) is 23.1 Å². The van der Waals surface area contributed by atoms with E-state index in [9.17, 15) is 21.6 Å². The Bertz CT molecular complexity index is 2370. The predicted molar refractivity (Wildman–Crippen MR) is 204 cm³/mol. The van der Waals surface area contributed by atoms with Gasteiger partial charge in [-0.05, 0) is 54.2 Å². The molecule has 0 bridgehead atoms. The molecule has 1 aliphatic carbocycles. The molecule has 0 atom stereocenters. The molecule has 4 aromatic carbocycles. The maximum atomic E-state index is 13.5. The minimum absolute atomic E-state index is 0.00920. The molecule has 0 saturated heterocycles. The lowest BCUT2D eigenvalue weighted by Gasteiger charge is -2.24. The molecule has 53 heavy (non-hydrogen) atoms. The molecule has 5 aromatic rings. The summed E-state index contributed by atoms with van der Waals surface area (Å²) in [6.07, 6.45) is 2.79. The van der Waals surface area contributed by atoms with Crippen LogP contribution in [0.2, 0.25) is 0 Å². The number of benzene rings is 4. The van der Waals surface area contributed by atoms with E-state index in [1.54, 1.807) is 24.3 Å². The molecule has 278 valence electrons. The summed E-state index contributed by atoms with van der Waals surface area (Å²) < 4.78 is 68.0. The van der Waals surface area contributed by atoms with Crippen molar-refractivity contribution in [2.45, 2.75) is 55.7 Å². The van der Waals surface area contributed by atoms with E-state index in [0.717, 1.165) is 5.56 Å². The standard InChI is InChI=1S/C37H40N6O8S2/c1-37(2,3)23-16-22(21-39-52(45)46)34(50-5)31(17-23)42-36(44)41-30-12-13-32(29-9-7-6-8-28(29)30)51-33-14-15-38-35(43-33)40-24-18-25(49-4)20-27(19-24)53(47,48)26-10-11-26/h6-9,12-20,26,52H,10-11,21H2,1-5H3,(H,38,40,43)(H,39,45,46)(H2,41,42,44). The zero-order valence-electron chi connectivity index (χ0n) is 29.7. The molecule has 1 aliphatic rings. The monoisotopic (exact) mass is 760 g/mol. The smallest absolute Gasteiger partial charge is 0.323 e. The summed E-state index contributed by atoms with van der Waals surface area (Å²) >= 11 is 0. The highest BCUT2D eigenvalue weighted by Crippen LogP contribution is 2.38. The minimum atomic E-state index is -3.47. The van der Waals surface area contributed by atoms with Gasteiger partial charge in [-0.15, -0.1) is 0 Å². The summed E-state index contributed by atoms with van der Waals surface area (Å²) in [6.45, 7) is 6.03. The number of carbonyl (C=O) groups is 1. The molecule has 0 unspecified atom stereocenters. The van der Waals surface area contributed by atoms with Crippen LogP contribution in [-0.2, 0) is 32.7 Å². The molecule has 16 heteroatoms. The van der Waals surface area contributed by atoms with Crippen molar-refractivity contribution in [2.75, 3.05) is 30.2 Å². The van der Waals surface area contributed by atoms with Gasteiger partial charge in [-0.1, -0.05) is 51.1 Å². The number of nitrogens with zero attached hydrogens (tertiary/aromatic N) is 2. The quantitative estimate of drug-likeness (QED) is 0.0807. The first-order chi connectivity index (χ1) is 25.2. The number of amides is 2. The van der Waals surface area contributed by atoms with Gasteiger partial charge in [0, 0.05) is 46.9 Å². The van der Waals surface area contributed by atoms with Crippen LogP contribution in [0.4, 0.5) is 27.8 Å². The molecular weight excluding hydrogens is 721 g/mol. The minimum Gasteiger partial charge on any atom is -0.497 e. The van der Waals surface area contributed by atoms with Crippen LogP contribution < -0.4 is 34.9 Å². The maximum absolute atomic E-state index is 13.5. The van der Waals surface area contributed by atoms with Crippen molar-refractivity contribution in [3.05, 3.63) is 90.1 Å². The second-order valence-electron chi connectivity index (χ2n) is 13.4. The predicted octanol–water partition coefficient (Wildman–Crippen LogP) is 6.68. The summed E-state index contributed by atoms with van der Waals surface area (Å²) in [5.41, 5.74) is 2.45. The number of anilines is 4. The molecule has 0 radical (unpaired) electrons. The number of carbonyl (C=O) groups excluding carboxylic acids is 1. The summed E-state index contributed by atoms with van der Waals surface area (Å²) in [4.78, 5) is 22.4. The lowest BCUT2D eigenvalue weighted by molar-refractivity contribution is 0.262. The third-order valence-electron chi connectivity index (χ3n) is 8.52. The Morgan fingerprint density at radius 3 is 2.32 bits per heavy atom. The Labute approximate surface area is 309 Å². The molecule has 4 N–H and O–H groups in total. The molecule has 1 aromatic heterocycles. The van der Waals surface area contributed by atoms with E-state index >= 15 is 0 Å². The molecule has 1 fully saturated rings. The maximum Gasteiger partial charge on any atom is 0.323 e. The summed E-state index contributed by atoms with van der Waals surface area (Å²) in [5, 5.41) is 9.84. The summed E-state index contributed by atoms with van der Waals surface area (Å²) in [5.74, 6) is 1.57. The zero-order valence-corrected chi connectivity index (χ0v) is 31.4. The number of ether oxygens (including phenoxy) is 3. The van der Waals surface area contributed by atoms with Crippen molar-refractivity contribution >= 4 is 60.5 Å². The van der Waals surface area contributed by atoms with Crippen molar-refractivity contribution in [1.29, 1.82) is 0 Å². The third-order valence-corrected chi connectivity index (χ3v) is 11.2. The Hall–Kier alpha value is -5.45. The molecule has 2 amide bonds. The summed E-state index contributed by atoms with van der Waals surface area (Å²) in [7, 11) is -3.39. The molecule has 0 spiro atoms. The van der Waals surface area contributed by atoms with E-state index in [0.29, 0.717) is 63.5 Å².